The predicted octanol–water partition coefficient (Wildman–Crippen LogP) is 3.79. The Morgan fingerprint density at radius 1 is 0.941 bits per heavy atom. The zero-order chi connectivity index (χ0) is 13.4. The van der Waals surface area contributed by atoms with Gasteiger partial charge >= 0.3 is 12.4 Å². The lowest BCUT2D eigenvalue weighted by Gasteiger charge is -2.17. The fourth-order valence-electron chi connectivity index (χ4n) is 1.31. The zero-order valence-corrected chi connectivity index (χ0v) is 10.2. The summed E-state index contributed by atoms with van der Waals surface area (Å²) in [6, 6.07) is 0.830. The molecule has 96 valence electrons. The average Bonchev–Trinajstić information content (AvgIpc) is 2.13. The van der Waals surface area contributed by atoms with E-state index >= 15 is 0 Å². The molecule has 0 fully saturated rings. The first-order chi connectivity index (χ1) is 7.59. The maximum atomic E-state index is 12.5. The smallest absolute Gasteiger partial charge is 0.326 e. The minimum atomic E-state index is -4.71. The van der Waals surface area contributed by atoms with Crippen molar-refractivity contribution in [2.24, 2.45) is 5.73 Å². The van der Waals surface area contributed by atoms with E-state index in [4.69, 9.17) is 5.73 Å². The topological polar surface area (TPSA) is 26.0 Å². The third-order valence-electron chi connectivity index (χ3n) is 2.06. The minimum absolute atomic E-state index is 0.410. The number of hydrogen-bond donors (Lipinski definition) is 1. The molecule has 8 heteroatoms. The Kier molecular flexibility index (Phi) is 3.97. The van der Waals surface area contributed by atoms with Crippen LogP contribution in [0.2, 0.25) is 0 Å². The molecule has 1 nitrogen and oxygen atoms in total. The van der Waals surface area contributed by atoms with Crippen molar-refractivity contribution in [3.05, 3.63) is 32.4 Å². The maximum absolute atomic E-state index is 12.5. The van der Waals surface area contributed by atoms with Crippen LogP contribution in [0.25, 0.3) is 0 Å². The van der Waals surface area contributed by atoms with Gasteiger partial charge in [0.05, 0.1) is 11.1 Å². The number of hydrogen-bond acceptors (Lipinski definition) is 1. The van der Waals surface area contributed by atoms with Crippen molar-refractivity contribution in [1.82, 2.24) is 0 Å². The molecule has 0 bridgehead atoms. The van der Waals surface area contributed by atoms with Gasteiger partial charge in [-0.05, 0) is 40.3 Å². The molecule has 0 spiro atoms. The normalized spacial score (nSPS) is 12.9. The molecule has 0 aliphatic heterocycles. The highest BCUT2D eigenvalue weighted by atomic mass is 127. The number of halogens is 7. The van der Waals surface area contributed by atoms with Crippen molar-refractivity contribution >= 4 is 22.6 Å². The van der Waals surface area contributed by atoms with Crippen LogP contribution in [0.1, 0.15) is 16.7 Å². The quantitative estimate of drug-likeness (QED) is 0.592. The van der Waals surface area contributed by atoms with E-state index in [2.05, 4.69) is 0 Å². The first-order valence-electron chi connectivity index (χ1n) is 4.25. The SMILES string of the molecule is NCc1c(C(F)(F)F)ccc(C(F)(F)F)c1I. The second-order valence-electron chi connectivity index (χ2n) is 3.15. The molecule has 0 atom stereocenters. The Morgan fingerprint density at radius 3 is 1.71 bits per heavy atom. The van der Waals surface area contributed by atoms with Crippen LogP contribution in [0.3, 0.4) is 0 Å². The molecule has 1 rings (SSSR count). The highest BCUT2D eigenvalue weighted by Gasteiger charge is 2.39. The van der Waals surface area contributed by atoms with Gasteiger partial charge in [-0.2, -0.15) is 26.3 Å². The van der Waals surface area contributed by atoms with Gasteiger partial charge in [0, 0.05) is 10.1 Å². The van der Waals surface area contributed by atoms with Crippen molar-refractivity contribution in [3.63, 3.8) is 0 Å². The van der Waals surface area contributed by atoms with E-state index in [1.54, 1.807) is 0 Å². The van der Waals surface area contributed by atoms with E-state index < -0.39 is 39.2 Å². The third-order valence-corrected chi connectivity index (χ3v) is 3.29. The van der Waals surface area contributed by atoms with Gasteiger partial charge in [-0.1, -0.05) is 0 Å². The Hall–Kier alpha value is -0.510. The molecule has 1 aromatic carbocycles. The number of benzene rings is 1. The molecule has 0 aliphatic carbocycles. The molecule has 1 aromatic rings. The molecule has 0 aliphatic rings. The summed E-state index contributed by atoms with van der Waals surface area (Å²) >= 11 is 1.23. The molecular weight excluding hydrogens is 363 g/mol. The standard InChI is InChI=1S/C9H6F6IN/c10-8(11,12)5-1-2-6(9(13,14)15)7(16)4(5)3-17/h1-2H,3,17H2. The summed E-state index contributed by atoms with van der Waals surface area (Å²) in [5.74, 6) is 0. The van der Waals surface area contributed by atoms with E-state index in [1.165, 1.54) is 22.6 Å². The van der Waals surface area contributed by atoms with Crippen LogP contribution in [0.15, 0.2) is 12.1 Å². The monoisotopic (exact) mass is 369 g/mol. The summed E-state index contributed by atoms with van der Waals surface area (Å²) in [7, 11) is 0. The summed E-state index contributed by atoms with van der Waals surface area (Å²) in [6.07, 6.45) is -9.40. The van der Waals surface area contributed by atoms with Gasteiger partial charge in [0.15, 0.2) is 0 Å². The predicted molar refractivity (Wildman–Crippen MR) is 57.1 cm³/mol. The molecule has 2 N–H and O–H groups in total. The third kappa shape index (κ3) is 3.03. The summed E-state index contributed by atoms with van der Waals surface area (Å²) in [4.78, 5) is 0. The van der Waals surface area contributed by atoms with Crippen molar-refractivity contribution < 1.29 is 26.3 Å². The largest absolute Gasteiger partial charge is 0.417 e. The second kappa shape index (κ2) is 4.63. The Balaban J connectivity index is 3.49. The molecular formula is C9H6F6IN. The fourth-order valence-corrected chi connectivity index (χ4v) is 2.30. The first-order valence-corrected chi connectivity index (χ1v) is 5.32. The molecule has 0 unspecified atom stereocenters. The van der Waals surface area contributed by atoms with E-state index in [-0.39, 0.29) is 0 Å². The molecule has 0 amide bonds. The van der Waals surface area contributed by atoms with Gasteiger partial charge in [-0.25, -0.2) is 0 Å². The lowest BCUT2D eigenvalue weighted by Crippen LogP contribution is -2.17. The van der Waals surface area contributed by atoms with Crippen molar-refractivity contribution in [3.8, 4) is 0 Å². The summed E-state index contributed by atoms with van der Waals surface area (Å²) in [6.45, 7) is -0.600. The van der Waals surface area contributed by atoms with Gasteiger partial charge in [-0.15, -0.1) is 0 Å². The molecule has 0 heterocycles. The fraction of sp³-hybridized carbons (Fsp3) is 0.333. The van der Waals surface area contributed by atoms with Crippen LogP contribution in [-0.2, 0) is 18.9 Å². The van der Waals surface area contributed by atoms with E-state index in [9.17, 15) is 26.3 Å². The van der Waals surface area contributed by atoms with Crippen LogP contribution >= 0.6 is 22.6 Å². The van der Waals surface area contributed by atoms with E-state index in [0.717, 1.165) is 0 Å². The van der Waals surface area contributed by atoms with Crippen molar-refractivity contribution in [2.75, 3.05) is 0 Å². The summed E-state index contributed by atoms with van der Waals surface area (Å²) in [5, 5.41) is 0. The highest BCUT2D eigenvalue weighted by Crippen LogP contribution is 2.39. The second-order valence-corrected chi connectivity index (χ2v) is 4.23. The maximum Gasteiger partial charge on any atom is 0.417 e. The van der Waals surface area contributed by atoms with Crippen LogP contribution in [0.5, 0.6) is 0 Å². The van der Waals surface area contributed by atoms with Crippen molar-refractivity contribution in [1.29, 1.82) is 0 Å². The molecule has 0 aromatic heterocycles. The van der Waals surface area contributed by atoms with Crippen LogP contribution in [0, 0.1) is 3.57 Å². The first kappa shape index (κ1) is 14.6. The van der Waals surface area contributed by atoms with E-state index in [1.807, 2.05) is 0 Å². The number of nitrogens with two attached hydrogens (primary N) is 1. The van der Waals surface area contributed by atoms with Gasteiger partial charge < -0.3 is 5.73 Å². The molecule has 0 saturated carbocycles. The van der Waals surface area contributed by atoms with Crippen LogP contribution < -0.4 is 5.73 Å². The minimum Gasteiger partial charge on any atom is -0.326 e. The van der Waals surface area contributed by atoms with Gasteiger partial charge in [0.2, 0.25) is 0 Å². The average molecular weight is 369 g/mol. The Bertz CT molecular complexity index is 423. The lowest BCUT2D eigenvalue weighted by molar-refractivity contribution is -0.142. The van der Waals surface area contributed by atoms with Crippen LogP contribution in [-0.4, -0.2) is 0 Å². The van der Waals surface area contributed by atoms with Gasteiger partial charge in [0.1, 0.15) is 0 Å². The van der Waals surface area contributed by atoms with Gasteiger partial charge in [-0.3, -0.25) is 0 Å². The molecule has 17 heavy (non-hydrogen) atoms. The van der Waals surface area contributed by atoms with E-state index in [0.29, 0.717) is 12.1 Å². The molecule has 0 radical (unpaired) electrons. The number of rotatable bonds is 1. The van der Waals surface area contributed by atoms with Crippen LogP contribution in [0.4, 0.5) is 26.3 Å². The summed E-state index contributed by atoms with van der Waals surface area (Å²) < 4.78 is 74.4. The van der Waals surface area contributed by atoms with Gasteiger partial charge in [0.25, 0.3) is 0 Å². The Labute approximate surface area is 106 Å². The number of alkyl halides is 6. The zero-order valence-electron chi connectivity index (χ0n) is 8.08. The summed E-state index contributed by atoms with van der Waals surface area (Å²) in [5.41, 5.74) is 2.32. The highest BCUT2D eigenvalue weighted by molar-refractivity contribution is 14.1. The lowest BCUT2D eigenvalue weighted by atomic mass is 10.0. The molecule has 0 saturated heterocycles. The Morgan fingerprint density at radius 2 is 1.35 bits per heavy atom. The van der Waals surface area contributed by atoms with Crippen molar-refractivity contribution in [2.45, 2.75) is 18.9 Å².